The maximum Gasteiger partial charge on any atom is 0.343 e. The van der Waals surface area contributed by atoms with E-state index in [-0.39, 0.29) is 6.61 Å². The molecule has 0 spiro atoms. The van der Waals surface area contributed by atoms with Crippen molar-refractivity contribution < 1.29 is 19.0 Å². The molecule has 0 aliphatic rings. The van der Waals surface area contributed by atoms with E-state index in [2.05, 4.69) is 11.7 Å². The van der Waals surface area contributed by atoms with Crippen LogP contribution in [0.2, 0.25) is 0 Å². The molecule has 0 heterocycles. The summed E-state index contributed by atoms with van der Waals surface area (Å²) in [5, 5.41) is 9.34. The molecule has 4 heteroatoms. The smallest absolute Gasteiger partial charge is 0.343 e. The number of hydrogen-bond donors (Lipinski definition) is 1. The molecule has 1 N–H and O–H groups in total. The molecule has 0 aromatic rings. The molecule has 0 saturated heterocycles. The predicted octanol–water partition coefficient (Wildman–Crippen LogP) is 2.22. The maximum absolute atomic E-state index is 13.2. The van der Waals surface area contributed by atoms with Gasteiger partial charge >= 0.3 is 5.97 Å². The lowest BCUT2D eigenvalue weighted by Crippen LogP contribution is -2.31. The molecule has 0 saturated carbocycles. The van der Waals surface area contributed by atoms with Crippen LogP contribution >= 0.6 is 0 Å². The van der Waals surface area contributed by atoms with Crippen molar-refractivity contribution >= 4 is 5.97 Å². The van der Waals surface area contributed by atoms with Gasteiger partial charge in [-0.3, -0.25) is 0 Å². The van der Waals surface area contributed by atoms with E-state index in [9.17, 15) is 14.3 Å². The summed E-state index contributed by atoms with van der Waals surface area (Å²) >= 11 is 0. The van der Waals surface area contributed by atoms with Crippen LogP contribution < -0.4 is 0 Å². The second-order valence-corrected chi connectivity index (χ2v) is 3.57. The molecule has 0 aliphatic carbocycles. The maximum atomic E-state index is 13.2. The second-order valence-electron chi connectivity index (χ2n) is 3.57. The van der Waals surface area contributed by atoms with Crippen LogP contribution in [0.3, 0.4) is 0 Å². The number of rotatable bonds is 8. The lowest BCUT2D eigenvalue weighted by Gasteiger charge is -2.14. The Morgan fingerprint density at radius 1 is 1.33 bits per heavy atom. The van der Waals surface area contributed by atoms with Gasteiger partial charge in [0.1, 0.15) is 0 Å². The largest absolute Gasteiger partial charge is 0.464 e. The van der Waals surface area contributed by atoms with Gasteiger partial charge in [-0.2, -0.15) is 0 Å². The van der Waals surface area contributed by atoms with Gasteiger partial charge in [0, 0.05) is 0 Å². The average molecular weight is 220 g/mol. The highest BCUT2D eigenvalue weighted by atomic mass is 19.1. The van der Waals surface area contributed by atoms with E-state index in [1.807, 2.05) is 0 Å². The molecule has 0 fully saturated rings. The second kappa shape index (κ2) is 8.65. The number of carbonyl (C=O) groups is 1. The SMILES string of the molecule is CCCCCCC(O)C(F)C(=O)OCC. The summed E-state index contributed by atoms with van der Waals surface area (Å²) in [5.74, 6) is -0.958. The highest BCUT2D eigenvalue weighted by molar-refractivity contribution is 5.75. The Balaban J connectivity index is 3.68. The summed E-state index contributed by atoms with van der Waals surface area (Å²) in [4.78, 5) is 10.9. The topological polar surface area (TPSA) is 46.5 Å². The molecule has 0 aliphatic heterocycles. The minimum atomic E-state index is -1.90. The van der Waals surface area contributed by atoms with Crippen molar-refractivity contribution in [3.63, 3.8) is 0 Å². The zero-order valence-electron chi connectivity index (χ0n) is 9.54. The molecular formula is C11H21FO3. The van der Waals surface area contributed by atoms with Crippen LogP contribution in [0.4, 0.5) is 4.39 Å². The van der Waals surface area contributed by atoms with Crippen molar-refractivity contribution in [3.8, 4) is 0 Å². The first-order chi connectivity index (χ1) is 7.13. The van der Waals surface area contributed by atoms with E-state index in [1.54, 1.807) is 6.92 Å². The number of aliphatic hydroxyl groups is 1. The monoisotopic (exact) mass is 220 g/mol. The molecule has 0 bridgehead atoms. The summed E-state index contributed by atoms with van der Waals surface area (Å²) in [6.45, 7) is 3.83. The van der Waals surface area contributed by atoms with Crippen molar-refractivity contribution in [1.29, 1.82) is 0 Å². The Labute approximate surface area is 90.6 Å². The van der Waals surface area contributed by atoms with Crippen molar-refractivity contribution in [2.45, 2.75) is 58.2 Å². The summed E-state index contributed by atoms with van der Waals surface area (Å²) in [5.41, 5.74) is 0. The summed E-state index contributed by atoms with van der Waals surface area (Å²) in [6.07, 6.45) is 1.07. The van der Waals surface area contributed by atoms with Gasteiger partial charge in [0.05, 0.1) is 12.7 Å². The molecule has 90 valence electrons. The van der Waals surface area contributed by atoms with Crippen LogP contribution in [0, 0.1) is 0 Å². The minimum Gasteiger partial charge on any atom is -0.464 e. The van der Waals surface area contributed by atoms with Crippen LogP contribution in [-0.2, 0) is 9.53 Å². The predicted molar refractivity (Wildman–Crippen MR) is 56.3 cm³/mol. The normalized spacial score (nSPS) is 14.7. The van der Waals surface area contributed by atoms with E-state index in [0.717, 1.165) is 25.7 Å². The number of alkyl halides is 1. The molecule has 0 aromatic carbocycles. The fraction of sp³-hybridized carbons (Fsp3) is 0.909. The van der Waals surface area contributed by atoms with Gasteiger partial charge in [0.2, 0.25) is 6.17 Å². The number of aliphatic hydroxyl groups excluding tert-OH is 1. The van der Waals surface area contributed by atoms with Gasteiger partial charge in [-0.05, 0) is 13.3 Å². The summed E-state index contributed by atoms with van der Waals surface area (Å²) < 4.78 is 17.6. The quantitative estimate of drug-likeness (QED) is 0.504. The highest BCUT2D eigenvalue weighted by Gasteiger charge is 2.26. The van der Waals surface area contributed by atoms with E-state index >= 15 is 0 Å². The first-order valence-corrected chi connectivity index (χ1v) is 5.62. The number of hydrogen-bond acceptors (Lipinski definition) is 3. The lowest BCUT2D eigenvalue weighted by atomic mass is 10.1. The van der Waals surface area contributed by atoms with Gasteiger partial charge in [-0.15, -0.1) is 0 Å². The van der Waals surface area contributed by atoms with Crippen molar-refractivity contribution in [1.82, 2.24) is 0 Å². The third-order valence-electron chi connectivity index (χ3n) is 2.20. The highest BCUT2D eigenvalue weighted by Crippen LogP contribution is 2.11. The molecule has 2 atom stereocenters. The van der Waals surface area contributed by atoms with Crippen molar-refractivity contribution in [2.75, 3.05) is 6.61 Å². The molecule has 0 radical (unpaired) electrons. The Hall–Kier alpha value is -0.640. The van der Waals surface area contributed by atoms with E-state index in [0.29, 0.717) is 6.42 Å². The fourth-order valence-corrected chi connectivity index (χ4v) is 1.31. The average Bonchev–Trinajstić information content (AvgIpc) is 2.23. The van der Waals surface area contributed by atoms with Crippen LogP contribution in [0.15, 0.2) is 0 Å². The molecule has 0 aromatic heterocycles. The third kappa shape index (κ3) is 6.44. The van der Waals surface area contributed by atoms with Gasteiger partial charge in [0.15, 0.2) is 0 Å². The lowest BCUT2D eigenvalue weighted by molar-refractivity contribution is -0.153. The fourth-order valence-electron chi connectivity index (χ4n) is 1.31. The molecule has 3 nitrogen and oxygen atoms in total. The molecule has 0 amide bonds. The Kier molecular flexibility index (Phi) is 8.28. The van der Waals surface area contributed by atoms with Gasteiger partial charge in [0.25, 0.3) is 0 Å². The van der Waals surface area contributed by atoms with Gasteiger partial charge in [-0.25, -0.2) is 9.18 Å². The van der Waals surface area contributed by atoms with Crippen molar-refractivity contribution in [2.24, 2.45) is 0 Å². The Bertz CT molecular complexity index is 173. The first-order valence-electron chi connectivity index (χ1n) is 5.62. The van der Waals surface area contributed by atoms with Crippen LogP contribution in [0.1, 0.15) is 46.0 Å². The zero-order chi connectivity index (χ0) is 11.7. The zero-order valence-corrected chi connectivity index (χ0v) is 9.54. The van der Waals surface area contributed by atoms with E-state index in [4.69, 9.17) is 0 Å². The van der Waals surface area contributed by atoms with Crippen LogP contribution in [0.5, 0.6) is 0 Å². The number of halogens is 1. The molecular weight excluding hydrogens is 199 g/mol. The van der Waals surface area contributed by atoms with Crippen LogP contribution in [-0.4, -0.2) is 30.0 Å². The number of unbranched alkanes of at least 4 members (excludes halogenated alkanes) is 3. The Morgan fingerprint density at radius 3 is 2.53 bits per heavy atom. The number of esters is 1. The summed E-state index contributed by atoms with van der Waals surface area (Å²) in [6, 6.07) is 0. The number of carbonyl (C=O) groups excluding carboxylic acids is 1. The van der Waals surface area contributed by atoms with Gasteiger partial charge < -0.3 is 9.84 Å². The first kappa shape index (κ1) is 14.4. The van der Waals surface area contributed by atoms with Gasteiger partial charge in [-0.1, -0.05) is 32.6 Å². The minimum absolute atomic E-state index is 0.141. The third-order valence-corrected chi connectivity index (χ3v) is 2.20. The molecule has 0 rings (SSSR count). The van der Waals surface area contributed by atoms with Crippen molar-refractivity contribution in [3.05, 3.63) is 0 Å². The molecule has 15 heavy (non-hydrogen) atoms. The van der Waals surface area contributed by atoms with Crippen LogP contribution in [0.25, 0.3) is 0 Å². The standard InChI is InChI=1S/C11H21FO3/c1-3-5-6-7-8-9(13)10(12)11(14)15-4-2/h9-10,13H,3-8H2,1-2H3. The van der Waals surface area contributed by atoms with E-state index in [1.165, 1.54) is 0 Å². The summed E-state index contributed by atoms with van der Waals surface area (Å²) in [7, 11) is 0. The molecule has 2 unspecified atom stereocenters. The Morgan fingerprint density at radius 2 is 2.00 bits per heavy atom. The van der Waals surface area contributed by atoms with E-state index < -0.39 is 18.2 Å². The number of ether oxygens (including phenoxy) is 1.